The standard InChI is InChI=1S/C32H51N5O7/c1-9-11-21(23(38)27(40)33-14-10-2)34-26(39)22-20-15-19(20)16-37(22)28(41)24(31(3,4)5)35-30(43)36-25(32(6,7)8)29(42)44-17-18-12-13-18/h10,18-22,24-25H,2,9,11-17H2,1,3-8H3,(H,33,40)(H,34,39)(H2,35,36,43)/t19-,20-,21?,22-,24+,25+/m0/s1. The summed E-state index contributed by atoms with van der Waals surface area (Å²) in [6.45, 7) is 17.1. The summed E-state index contributed by atoms with van der Waals surface area (Å²) in [7, 11) is 0. The predicted octanol–water partition coefficient (Wildman–Crippen LogP) is 2.07. The summed E-state index contributed by atoms with van der Waals surface area (Å²) in [4.78, 5) is 80.4. The molecule has 0 radical (unpaired) electrons. The summed E-state index contributed by atoms with van der Waals surface area (Å²) in [5.74, 6) is -2.54. The van der Waals surface area contributed by atoms with Crippen LogP contribution >= 0.6 is 0 Å². The first-order valence-electron chi connectivity index (χ1n) is 15.8. The number of urea groups is 1. The van der Waals surface area contributed by atoms with Crippen molar-refractivity contribution >= 4 is 35.5 Å². The van der Waals surface area contributed by atoms with E-state index in [1.165, 1.54) is 11.0 Å². The Morgan fingerprint density at radius 3 is 2.11 bits per heavy atom. The van der Waals surface area contributed by atoms with E-state index in [1.54, 1.807) is 0 Å². The van der Waals surface area contributed by atoms with Crippen molar-refractivity contribution < 1.29 is 33.5 Å². The number of rotatable bonds is 14. The summed E-state index contributed by atoms with van der Waals surface area (Å²) in [6.07, 6.45) is 5.10. The fourth-order valence-electron chi connectivity index (χ4n) is 5.57. The van der Waals surface area contributed by atoms with Crippen molar-refractivity contribution in [3.8, 4) is 0 Å². The van der Waals surface area contributed by atoms with Crippen molar-refractivity contribution in [2.24, 2.45) is 28.6 Å². The molecule has 0 aromatic rings. The summed E-state index contributed by atoms with van der Waals surface area (Å²) in [5, 5.41) is 10.7. The zero-order chi connectivity index (χ0) is 33.0. The highest BCUT2D eigenvalue weighted by Gasteiger charge is 2.58. The average molecular weight is 618 g/mol. The number of piperidine rings is 1. The first kappa shape index (κ1) is 35.0. The molecule has 0 bridgehead atoms. The number of fused-ring (bicyclic) bond motifs is 1. The number of ketones is 1. The molecule has 3 aliphatic rings. The Morgan fingerprint density at radius 1 is 0.955 bits per heavy atom. The molecule has 6 atom stereocenters. The smallest absolute Gasteiger partial charge is 0.329 e. The third-order valence-corrected chi connectivity index (χ3v) is 8.47. The van der Waals surface area contributed by atoms with Crippen LogP contribution in [0.5, 0.6) is 0 Å². The molecule has 12 nitrogen and oxygen atoms in total. The molecule has 44 heavy (non-hydrogen) atoms. The van der Waals surface area contributed by atoms with Crippen molar-refractivity contribution in [2.75, 3.05) is 19.7 Å². The molecule has 5 amide bonds. The van der Waals surface area contributed by atoms with Crippen LogP contribution in [0.25, 0.3) is 0 Å². The second-order valence-corrected chi connectivity index (χ2v) is 14.6. The number of carbonyl (C=O) groups is 6. The van der Waals surface area contributed by atoms with E-state index in [1.807, 2.05) is 48.5 Å². The van der Waals surface area contributed by atoms with E-state index in [0.717, 1.165) is 19.3 Å². The molecule has 0 spiro atoms. The van der Waals surface area contributed by atoms with Gasteiger partial charge in [-0.15, -0.1) is 6.58 Å². The van der Waals surface area contributed by atoms with Gasteiger partial charge in [0.25, 0.3) is 5.91 Å². The van der Waals surface area contributed by atoms with Gasteiger partial charge in [0.1, 0.15) is 18.1 Å². The SMILES string of the molecule is C=CCNC(=O)C(=O)C(CCC)NC(=O)[C@@H]1[C@H]2C[C@H]2CN1C(=O)[C@@H](NC(=O)N[C@H](C(=O)OCC1CC1)C(C)(C)C)C(C)(C)C. The van der Waals surface area contributed by atoms with Gasteiger partial charge in [0.05, 0.1) is 12.6 Å². The molecule has 2 saturated carbocycles. The summed E-state index contributed by atoms with van der Waals surface area (Å²) >= 11 is 0. The van der Waals surface area contributed by atoms with E-state index in [4.69, 9.17) is 4.74 Å². The van der Waals surface area contributed by atoms with E-state index >= 15 is 0 Å². The quantitative estimate of drug-likeness (QED) is 0.132. The Labute approximate surface area is 260 Å². The Bertz CT molecular complexity index is 1140. The lowest BCUT2D eigenvalue weighted by Crippen LogP contribution is -2.62. The molecule has 1 unspecified atom stereocenters. The van der Waals surface area contributed by atoms with Crippen LogP contribution in [0.4, 0.5) is 4.79 Å². The zero-order valence-corrected chi connectivity index (χ0v) is 27.3. The molecule has 3 rings (SSSR count). The van der Waals surface area contributed by atoms with Crippen LogP contribution in [0.2, 0.25) is 0 Å². The Kier molecular flexibility index (Phi) is 11.2. The van der Waals surface area contributed by atoms with Crippen molar-refractivity contribution in [1.82, 2.24) is 26.2 Å². The van der Waals surface area contributed by atoms with E-state index in [9.17, 15) is 28.8 Å². The van der Waals surface area contributed by atoms with Crippen LogP contribution in [-0.4, -0.2) is 84.3 Å². The fraction of sp³-hybridized carbons (Fsp3) is 0.750. The second-order valence-electron chi connectivity index (χ2n) is 14.6. The van der Waals surface area contributed by atoms with Crippen molar-refractivity contribution in [3.05, 3.63) is 12.7 Å². The van der Waals surface area contributed by atoms with Crippen molar-refractivity contribution in [1.29, 1.82) is 0 Å². The van der Waals surface area contributed by atoms with Crippen LogP contribution in [0.1, 0.15) is 80.6 Å². The maximum atomic E-state index is 14.1. The molecular weight excluding hydrogens is 566 g/mol. The number of likely N-dealkylation sites (tertiary alicyclic amines) is 1. The number of hydrogen-bond acceptors (Lipinski definition) is 7. The summed E-state index contributed by atoms with van der Waals surface area (Å²) in [6, 6.07) is -4.50. The topological polar surface area (TPSA) is 163 Å². The van der Waals surface area contributed by atoms with Gasteiger partial charge >= 0.3 is 12.0 Å². The van der Waals surface area contributed by atoms with Gasteiger partial charge in [0, 0.05) is 13.1 Å². The normalized spacial score (nSPS) is 22.9. The van der Waals surface area contributed by atoms with Gasteiger partial charge in [-0.2, -0.15) is 0 Å². The van der Waals surface area contributed by atoms with Gasteiger partial charge in [0.15, 0.2) is 0 Å². The average Bonchev–Trinajstić information content (AvgIpc) is 3.87. The highest BCUT2D eigenvalue weighted by Crippen LogP contribution is 2.50. The number of carbonyl (C=O) groups excluding carboxylic acids is 6. The number of nitrogens with zero attached hydrogens (tertiary/aromatic N) is 1. The van der Waals surface area contributed by atoms with E-state index in [2.05, 4.69) is 27.8 Å². The fourth-order valence-corrected chi connectivity index (χ4v) is 5.57. The van der Waals surface area contributed by atoms with Gasteiger partial charge < -0.3 is 30.9 Å². The minimum Gasteiger partial charge on any atom is -0.464 e. The van der Waals surface area contributed by atoms with E-state index in [-0.39, 0.29) is 24.8 Å². The summed E-state index contributed by atoms with van der Waals surface area (Å²) < 4.78 is 5.46. The van der Waals surface area contributed by atoms with E-state index < -0.39 is 70.5 Å². The highest BCUT2D eigenvalue weighted by molar-refractivity contribution is 6.38. The number of Topliss-reactive ketones (excluding diaryl/α,β-unsaturated/α-hetero) is 1. The van der Waals surface area contributed by atoms with Gasteiger partial charge in [-0.25, -0.2) is 9.59 Å². The number of hydrogen-bond donors (Lipinski definition) is 4. The minimum atomic E-state index is -1.02. The maximum Gasteiger partial charge on any atom is 0.329 e. The van der Waals surface area contributed by atoms with Gasteiger partial charge in [-0.1, -0.05) is 61.0 Å². The molecule has 0 aromatic carbocycles. The molecule has 2 aliphatic carbocycles. The largest absolute Gasteiger partial charge is 0.464 e. The maximum absolute atomic E-state index is 14.1. The first-order valence-corrected chi connectivity index (χ1v) is 15.8. The molecule has 4 N–H and O–H groups in total. The number of amides is 5. The van der Waals surface area contributed by atoms with E-state index in [0.29, 0.717) is 25.5 Å². The van der Waals surface area contributed by atoms with Crippen molar-refractivity contribution in [2.45, 2.75) is 105 Å². The summed E-state index contributed by atoms with van der Waals surface area (Å²) in [5.41, 5.74) is -1.39. The van der Waals surface area contributed by atoms with Crippen molar-refractivity contribution in [3.63, 3.8) is 0 Å². The monoisotopic (exact) mass is 617 g/mol. The third-order valence-electron chi connectivity index (χ3n) is 8.47. The molecule has 1 aliphatic heterocycles. The lowest BCUT2D eigenvalue weighted by Gasteiger charge is -2.37. The highest BCUT2D eigenvalue weighted by atomic mass is 16.5. The van der Waals surface area contributed by atoms with Crippen LogP contribution in [0, 0.1) is 28.6 Å². The van der Waals surface area contributed by atoms with Crippen LogP contribution in [-0.2, 0) is 28.7 Å². The molecule has 1 saturated heterocycles. The number of esters is 1. The van der Waals surface area contributed by atoms with Gasteiger partial charge in [-0.3, -0.25) is 19.2 Å². The first-order chi connectivity index (χ1) is 20.5. The molecule has 246 valence electrons. The Hall–Kier alpha value is -3.44. The molecule has 1 heterocycles. The van der Waals surface area contributed by atoms with Gasteiger partial charge in [-0.05, 0) is 54.3 Å². The number of ether oxygens (including phenoxy) is 1. The predicted molar refractivity (Wildman–Crippen MR) is 164 cm³/mol. The van der Waals surface area contributed by atoms with Crippen LogP contribution in [0.15, 0.2) is 12.7 Å². The zero-order valence-electron chi connectivity index (χ0n) is 27.3. The second kappa shape index (κ2) is 14.1. The van der Waals surface area contributed by atoms with Crippen LogP contribution < -0.4 is 21.3 Å². The number of nitrogens with one attached hydrogen (secondary N) is 4. The van der Waals surface area contributed by atoms with Crippen LogP contribution in [0.3, 0.4) is 0 Å². The van der Waals surface area contributed by atoms with Gasteiger partial charge in [0.2, 0.25) is 17.6 Å². The molecule has 3 fully saturated rings. The molecular formula is C32H51N5O7. The third kappa shape index (κ3) is 9.04. The Morgan fingerprint density at radius 2 is 1.57 bits per heavy atom. The Balaban J connectivity index is 1.73. The lowest BCUT2D eigenvalue weighted by molar-refractivity contribution is -0.149. The molecule has 12 heteroatoms. The lowest BCUT2D eigenvalue weighted by atomic mass is 9.85. The minimum absolute atomic E-state index is 0.0631. The molecule has 0 aromatic heterocycles.